The molecule has 0 aliphatic heterocycles. The normalized spacial score (nSPS) is 12.6. The lowest BCUT2D eigenvalue weighted by Gasteiger charge is -2.15. The fourth-order valence-electron chi connectivity index (χ4n) is 1.92. The molecule has 1 N–H and O–H groups in total. The topological polar surface area (TPSA) is 12.0 Å². The zero-order chi connectivity index (χ0) is 14.1. The van der Waals surface area contributed by atoms with Crippen molar-refractivity contribution in [2.75, 3.05) is 12.3 Å². The Kier molecular flexibility index (Phi) is 8.60. The van der Waals surface area contributed by atoms with Crippen molar-refractivity contribution in [1.82, 2.24) is 5.32 Å². The molecule has 1 aromatic carbocycles. The van der Waals surface area contributed by atoms with E-state index in [1.165, 1.54) is 29.7 Å². The Labute approximate surface area is 127 Å². The Bertz CT molecular complexity index is 368. The molecule has 0 radical (unpaired) electrons. The monoisotopic (exact) mass is 299 g/mol. The lowest BCUT2D eigenvalue weighted by molar-refractivity contribution is 0.570. The molecule has 1 nitrogen and oxygen atoms in total. The van der Waals surface area contributed by atoms with E-state index in [4.69, 9.17) is 11.6 Å². The van der Waals surface area contributed by atoms with E-state index in [0.717, 1.165) is 23.7 Å². The van der Waals surface area contributed by atoms with Crippen LogP contribution in [0.1, 0.15) is 58.1 Å². The van der Waals surface area contributed by atoms with Crippen LogP contribution < -0.4 is 5.32 Å². The van der Waals surface area contributed by atoms with Gasteiger partial charge in [-0.2, -0.15) is 0 Å². The van der Waals surface area contributed by atoms with Gasteiger partial charge in [0.15, 0.2) is 0 Å². The van der Waals surface area contributed by atoms with Crippen LogP contribution in [-0.2, 0) is 0 Å². The maximum Gasteiger partial charge on any atom is 0.0545 e. The maximum absolute atomic E-state index is 6.37. The summed E-state index contributed by atoms with van der Waals surface area (Å²) < 4.78 is 0. The molecule has 0 fully saturated rings. The highest BCUT2D eigenvalue weighted by Gasteiger charge is 2.07. The lowest BCUT2D eigenvalue weighted by atomic mass is 10.1. The molecule has 0 bridgehead atoms. The summed E-state index contributed by atoms with van der Waals surface area (Å²) in [5.41, 5.74) is 1.27. The predicted octanol–water partition coefficient (Wildman–Crippen LogP) is 5.68. The lowest BCUT2D eigenvalue weighted by Crippen LogP contribution is -2.19. The van der Waals surface area contributed by atoms with Crippen molar-refractivity contribution in [2.45, 2.75) is 57.4 Å². The minimum Gasteiger partial charge on any atom is -0.310 e. The molecule has 19 heavy (non-hydrogen) atoms. The van der Waals surface area contributed by atoms with E-state index >= 15 is 0 Å². The van der Waals surface area contributed by atoms with Crippen molar-refractivity contribution < 1.29 is 0 Å². The molecule has 0 aliphatic rings. The molecule has 3 heteroatoms. The van der Waals surface area contributed by atoms with Crippen LogP contribution in [0.5, 0.6) is 0 Å². The number of benzene rings is 1. The summed E-state index contributed by atoms with van der Waals surface area (Å²) in [6.07, 6.45) is 5.01. The van der Waals surface area contributed by atoms with Crippen LogP contribution in [0, 0.1) is 0 Å². The molecular weight excluding hydrogens is 274 g/mol. The van der Waals surface area contributed by atoms with Crippen LogP contribution in [0.3, 0.4) is 0 Å². The average Bonchev–Trinajstić information content (AvgIpc) is 2.42. The molecule has 1 unspecified atom stereocenters. The molecule has 0 amide bonds. The molecule has 0 saturated heterocycles. The van der Waals surface area contributed by atoms with Gasteiger partial charge >= 0.3 is 0 Å². The Hall–Kier alpha value is -0.180. The molecule has 0 aliphatic carbocycles. The van der Waals surface area contributed by atoms with Gasteiger partial charge in [0.1, 0.15) is 0 Å². The third kappa shape index (κ3) is 6.20. The van der Waals surface area contributed by atoms with Gasteiger partial charge in [-0.15, -0.1) is 11.8 Å². The summed E-state index contributed by atoms with van der Waals surface area (Å²) in [4.78, 5) is 1.21. The highest BCUT2D eigenvalue weighted by molar-refractivity contribution is 7.99. The van der Waals surface area contributed by atoms with Crippen LogP contribution in [-0.4, -0.2) is 12.3 Å². The van der Waals surface area contributed by atoms with Gasteiger partial charge in [-0.05, 0) is 49.8 Å². The van der Waals surface area contributed by atoms with Crippen LogP contribution in [0.25, 0.3) is 0 Å². The third-order valence-electron chi connectivity index (χ3n) is 3.16. The van der Waals surface area contributed by atoms with Crippen LogP contribution in [0.15, 0.2) is 23.1 Å². The second-order valence-electron chi connectivity index (χ2n) is 4.92. The van der Waals surface area contributed by atoms with Gasteiger partial charge in [0.05, 0.1) is 5.02 Å². The number of hydrogen-bond acceptors (Lipinski definition) is 2. The standard InChI is InChI=1S/C16H26ClNS/c1-4-6-7-11-19-16-9-8-14(12-15(16)17)13(3)18-10-5-2/h8-9,12-13,18H,4-7,10-11H2,1-3H3. The van der Waals surface area contributed by atoms with Crippen LogP contribution >= 0.6 is 23.4 Å². The SMILES string of the molecule is CCCCCSc1ccc(C(C)NCCC)cc1Cl. The van der Waals surface area contributed by atoms with E-state index in [1.54, 1.807) is 0 Å². The van der Waals surface area contributed by atoms with Gasteiger partial charge in [-0.3, -0.25) is 0 Å². The Morgan fingerprint density at radius 1 is 1.21 bits per heavy atom. The van der Waals surface area contributed by atoms with Crippen molar-refractivity contribution >= 4 is 23.4 Å². The first-order valence-corrected chi connectivity index (χ1v) is 8.71. The molecule has 0 spiro atoms. The van der Waals surface area contributed by atoms with E-state index < -0.39 is 0 Å². The average molecular weight is 300 g/mol. The molecule has 108 valence electrons. The zero-order valence-corrected chi connectivity index (χ0v) is 13.9. The number of rotatable bonds is 9. The number of hydrogen-bond donors (Lipinski definition) is 1. The van der Waals surface area contributed by atoms with Crippen molar-refractivity contribution in [2.24, 2.45) is 0 Å². The fraction of sp³-hybridized carbons (Fsp3) is 0.625. The molecule has 0 heterocycles. The summed E-state index contributed by atoms with van der Waals surface area (Å²) in [5, 5.41) is 4.38. The number of nitrogens with one attached hydrogen (secondary N) is 1. The molecule has 1 rings (SSSR count). The second kappa shape index (κ2) is 9.68. The first kappa shape index (κ1) is 16.9. The van der Waals surface area contributed by atoms with E-state index in [1.807, 2.05) is 11.8 Å². The van der Waals surface area contributed by atoms with Gasteiger partial charge < -0.3 is 5.32 Å². The van der Waals surface area contributed by atoms with Gasteiger partial charge in [-0.1, -0.05) is 44.4 Å². The fourth-order valence-corrected chi connectivity index (χ4v) is 3.20. The van der Waals surface area contributed by atoms with E-state index in [9.17, 15) is 0 Å². The first-order valence-electron chi connectivity index (χ1n) is 7.34. The molecule has 0 saturated carbocycles. The second-order valence-corrected chi connectivity index (χ2v) is 6.47. The van der Waals surface area contributed by atoms with Crippen molar-refractivity contribution in [1.29, 1.82) is 0 Å². The van der Waals surface area contributed by atoms with Gasteiger partial charge in [0, 0.05) is 10.9 Å². The number of unbranched alkanes of at least 4 members (excludes halogenated alkanes) is 2. The Balaban J connectivity index is 2.53. The van der Waals surface area contributed by atoms with E-state index in [0.29, 0.717) is 6.04 Å². The van der Waals surface area contributed by atoms with Gasteiger partial charge in [0.25, 0.3) is 0 Å². The highest BCUT2D eigenvalue weighted by atomic mass is 35.5. The summed E-state index contributed by atoms with van der Waals surface area (Å²) in [5.74, 6) is 1.16. The van der Waals surface area contributed by atoms with Crippen molar-refractivity contribution in [3.63, 3.8) is 0 Å². The predicted molar refractivity (Wildman–Crippen MR) is 88.4 cm³/mol. The van der Waals surface area contributed by atoms with Gasteiger partial charge in [0.2, 0.25) is 0 Å². The van der Waals surface area contributed by atoms with Crippen LogP contribution in [0.4, 0.5) is 0 Å². The minimum atomic E-state index is 0.372. The summed E-state index contributed by atoms with van der Waals surface area (Å²) >= 11 is 8.24. The quantitative estimate of drug-likeness (QED) is 0.465. The van der Waals surface area contributed by atoms with Crippen LogP contribution in [0.2, 0.25) is 5.02 Å². The highest BCUT2D eigenvalue weighted by Crippen LogP contribution is 2.30. The zero-order valence-electron chi connectivity index (χ0n) is 12.3. The van der Waals surface area contributed by atoms with Crippen molar-refractivity contribution in [3.8, 4) is 0 Å². The summed E-state index contributed by atoms with van der Waals surface area (Å²) in [6.45, 7) is 7.65. The summed E-state index contributed by atoms with van der Waals surface area (Å²) in [6, 6.07) is 6.84. The number of thioether (sulfide) groups is 1. The first-order chi connectivity index (χ1) is 9.19. The Morgan fingerprint density at radius 2 is 2.00 bits per heavy atom. The maximum atomic E-state index is 6.37. The molecular formula is C16H26ClNS. The van der Waals surface area contributed by atoms with Crippen molar-refractivity contribution in [3.05, 3.63) is 28.8 Å². The van der Waals surface area contributed by atoms with E-state index in [-0.39, 0.29) is 0 Å². The molecule has 1 atom stereocenters. The Morgan fingerprint density at radius 3 is 2.63 bits per heavy atom. The van der Waals surface area contributed by atoms with Gasteiger partial charge in [-0.25, -0.2) is 0 Å². The third-order valence-corrected chi connectivity index (χ3v) is 4.75. The minimum absolute atomic E-state index is 0.372. The largest absolute Gasteiger partial charge is 0.310 e. The summed E-state index contributed by atoms with van der Waals surface area (Å²) in [7, 11) is 0. The molecule has 0 aromatic heterocycles. The van der Waals surface area contributed by atoms with E-state index in [2.05, 4.69) is 44.3 Å². The smallest absolute Gasteiger partial charge is 0.0545 e. The number of halogens is 1. The molecule has 1 aromatic rings.